The van der Waals surface area contributed by atoms with Gasteiger partial charge >= 0.3 is 0 Å². The number of hydrogen-bond acceptors (Lipinski definition) is 1. The summed E-state index contributed by atoms with van der Waals surface area (Å²) in [7, 11) is 0. The Morgan fingerprint density at radius 2 is 2.00 bits per heavy atom. The molecule has 16 heavy (non-hydrogen) atoms. The Kier molecular flexibility index (Phi) is 5.37. The van der Waals surface area contributed by atoms with Crippen molar-refractivity contribution in [1.29, 1.82) is 0 Å². The van der Waals surface area contributed by atoms with Gasteiger partial charge in [-0.2, -0.15) is 0 Å². The molecule has 0 aromatic carbocycles. The average Bonchev–Trinajstić information content (AvgIpc) is 2.27. The molecular weight excluding hydrogens is 196 g/mol. The smallest absolute Gasteiger partial charge is 0.119 e. The lowest BCUT2D eigenvalue weighted by molar-refractivity contribution is -0.00677. The molecule has 0 spiro atoms. The van der Waals surface area contributed by atoms with E-state index in [-0.39, 0.29) is 5.60 Å². The molecule has 0 aliphatic heterocycles. The molecule has 1 aliphatic rings. The van der Waals surface area contributed by atoms with Gasteiger partial charge < -0.3 is 4.74 Å². The molecule has 0 bridgehead atoms. The molecule has 1 heteroatoms. The van der Waals surface area contributed by atoms with Gasteiger partial charge in [0.25, 0.3) is 0 Å². The van der Waals surface area contributed by atoms with Crippen LogP contribution in [-0.4, -0.2) is 5.60 Å². The van der Waals surface area contributed by atoms with Gasteiger partial charge in [-0.1, -0.05) is 32.1 Å². The van der Waals surface area contributed by atoms with E-state index < -0.39 is 0 Å². The maximum atomic E-state index is 6.12. The number of hydrogen-bond donors (Lipinski definition) is 0. The first kappa shape index (κ1) is 13.1. The van der Waals surface area contributed by atoms with E-state index in [1.54, 1.807) is 6.08 Å². The largest absolute Gasteiger partial charge is 0.488 e. The fourth-order valence-corrected chi connectivity index (χ4v) is 2.16. The van der Waals surface area contributed by atoms with E-state index in [0.717, 1.165) is 12.2 Å². The van der Waals surface area contributed by atoms with Gasteiger partial charge in [-0.3, -0.25) is 0 Å². The summed E-state index contributed by atoms with van der Waals surface area (Å²) in [6, 6.07) is 0. The topological polar surface area (TPSA) is 9.23 Å². The molecule has 0 saturated heterocycles. The van der Waals surface area contributed by atoms with Crippen LogP contribution in [0.3, 0.4) is 0 Å². The summed E-state index contributed by atoms with van der Waals surface area (Å²) in [5.74, 6) is 0.946. The van der Waals surface area contributed by atoms with Crippen LogP contribution in [0.5, 0.6) is 0 Å². The van der Waals surface area contributed by atoms with Crippen LogP contribution in [0, 0.1) is 0 Å². The lowest BCUT2D eigenvalue weighted by Crippen LogP contribution is -2.30. The van der Waals surface area contributed by atoms with Gasteiger partial charge in [0.2, 0.25) is 0 Å². The van der Waals surface area contributed by atoms with Gasteiger partial charge in [-0.05, 0) is 51.2 Å². The zero-order valence-corrected chi connectivity index (χ0v) is 10.7. The molecule has 1 nitrogen and oxygen atoms in total. The van der Waals surface area contributed by atoms with Crippen LogP contribution < -0.4 is 0 Å². The van der Waals surface area contributed by atoms with Crippen molar-refractivity contribution in [2.75, 3.05) is 0 Å². The highest BCUT2D eigenvalue weighted by molar-refractivity contribution is 5.18. The maximum Gasteiger partial charge on any atom is 0.119 e. The van der Waals surface area contributed by atoms with Crippen LogP contribution in [-0.2, 0) is 4.74 Å². The Balaban J connectivity index is 2.62. The first-order chi connectivity index (χ1) is 7.70. The Morgan fingerprint density at radius 1 is 1.31 bits per heavy atom. The van der Waals surface area contributed by atoms with Crippen molar-refractivity contribution in [3.05, 3.63) is 36.6 Å². The third-order valence-electron chi connectivity index (χ3n) is 3.08. The summed E-state index contributed by atoms with van der Waals surface area (Å²) in [4.78, 5) is 0. The molecule has 1 saturated carbocycles. The molecule has 0 radical (unpaired) electrons. The predicted octanol–water partition coefficient (Wildman–Crippen LogP) is 4.76. The zero-order chi connectivity index (χ0) is 11.9. The highest BCUT2D eigenvalue weighted by Crippen LogP contribution is 2.33. The summed E-state index contributed by atoms with van der Waals surface area (Å²) in [6.07, 6.45) is 15.2. The number of rotatable bonds is 5. The molecule has 0 N–H and O–H groups in total. The van der Waals surface area contributed by atoms with E-state index in [2.05, 4.69) is 32.6 Å². The Hall–Kier alpha value is -0.980. The normalized spacial score (nSPS) is 21.0. The van der Waals surface area contributed by atoms with Gasteiger partial charge in [-0.25, -0.2) is 0 Å². The first-order valence-corrected chi connectivity index (χ1v) is 6.38. The lowest BCUT2D eigenvalue weighted by atomic mass is 9.86. The van der Waals surface area contributed by atoms with E-state index in [4.69, 9.17) is 4.74 Å². The van der Waals surface area contributed by atoms with Crippen molar-refractivity contribution in [3.63, 3.8) is 0 Å². The molecular formula is C15H24O. The minimum absolute atomic E-state index is 0.0329. The summed E-state index contributed by atoms with van der Waals surface area (Å²) in [6.45, 7) is 8.09. The summed E-state index contributed by atoms with van der Waals surface area (Å²) < 4.78 is 6.12. The van der Waals surface area contributed by atoms with Crippen LogP contribution in [0.2, 0.25) is 0 Å². The minimum Gasteiger partial charge on any atom is -0.488 e. The second kappa shape index (κ2) is 6.57. The summed E-state index contributed by atoms with van der Waals surface area (Å²) in [5.41, 5.74) is 0.0329. The van der Waals surface area contributed by atoms with Crippen LogP contribution in [0.1, 0.15) is 52.4 Å². The maximum absolute atomic E-state index is 6.12. The number of ether oxygens (including phenoxy) is 1. The molecule has 90 valence electrons. The molecule has 0 heterocycles. The first-order valence-electron chi connectivity index (χ1n) is 6.38. The van der Waals surface area contributed by atoms with Crippen molar-refractivity contribution in [2.24, 2.45) is 0 Å². The fourth-order valence-electron chi connectivity index (χ4n) is 2.16. The molecule has 0 amide bonds. The fraction of sp³-hybridized carbons (Fsp3) is 0.600. The quantitative estimate of drug-likeness (QED) is 0.479. The molecule has 1 rings (SSSR count). The molecule has 0 aromatic rings. The van der Waals surface area contributed by atoms with E-state index in [0.29, 0.717) is 0 Å². The highest BCUT2D eigenvalue weighted by Gasteiger charge is 2.28. The predicted molar refractivity (Wildman–Crippen MR) is 70.3 cm³/mol. The van der Waals surface area contributed by atoms with Gasteiger partial charge in [0, 0.05) is 0 Å². The van der Waals surface area contributed by atoms with Crippen LogP contribution in [0.15, 0.2) is 36.6 Å². The van der Waals surface area contributed by atoms with Gasteiger partial charge in [0.05, 0.1) is 0 Å². The summed E-state index contributed by atoms with van der Waals surface area (Å²) in [5, 5.41) is 0. The van der Waals surface area contributed by atoms with E-state index in [9.17, 15) is 0 Å². The highest BCUT2D eigenvalue weighted by atomic mass is 16.5. The third kappa shape index (κ3) is 4.26. The SMILES string of the molecule is C=C/C=C(\C=CCC)OC1(C)CCCCC1. The van der Waals surface area contributed by atoms with Crippen molar-refractivity contribution in [2.45, 2.75) is 58.0 Å². The Morgan fingerprint density at radius 3 is 2.56 bits per heavy atom. The van der Waals surface area contributed by atoms with Crippen molar-refractivity contribution < 1.29 is 4.74 Å². The van der Waals surface area contributed by atoms with Crippen LogP contribution >= 0.6 is 0 Å². The second-order valence-corrected chi connectivity index (χ2v) is 4.73. The van der Waals surface area contributed by atoms with E-state index in [1.165, 1.54) is 32.1 Å². The summed E-state index contributed by atoms with van der Waals surface area (Å²) >= 11 is 0. The molecule has 1 aliphatic carbocycles. The Bertz CT molecular complexity index is 267. The monoisotopic (exact) mass is 220 g/mol. The second-order valence-electron chi connectivity index (χ2n) is 4.73. The van der Waals surface area contributed by atoms with Crippen molar-refractivity contribution in [1.82, 2.24) is 0 Å². The molecule has 1 fully saturated rings. The zero-order valence-electron chi connectivity index (χ0n) is 10.7. The van der Waals surface area contributed by atoms with Crippen molar-refractivity contribution in [3.8, 4) is 0 Å². The van der Waals surface area contributed by atoms with Crippen LogP contribution in [0.25, 0.3) is 0 Å². The van der Waals surface area contributed by atoms with Gasteiger partial charge in [-0.15, -0.1) is 0 Å². The van der Waals surface area contributed by atoms with Crippen LogP contribution in [0.4, 0.5) is 0 Å². The van der Waals surface area contributed by atoms with Crippen molar-refractivity contribution >= 4 is 0 Å². The number of allylic oxidation sites excluding steroid dienone is 4. The minimum atomic E-state index is 0.0329. The molecule has 0 unspecified atom stereocenters. The van der Waals surface area contributed by atoms with E-state index in [1.807, 2.05) is 6.08 Å². The van der Waals surface area contributed by atoms with Gasteiger partial charge in [0.1, 0.15) is 11.4 Å². The average molecular weight is 220 g/mol. The van der Waals surface area contributed by atoms with Gasteiger partial charge in [0.15, 0.2) is 0 Å². The molecule has 0 aromatic heterocycles. The molecule has 0 atom stereocenters. The lowest BCUT2D eigenvalue weighted by Gasteiger charge is -2.34. The van der Waals surface area contributed by atoms with E-state index >= 15 is 0 Å². The third-order valence-corrected chi connectivity index (χ3v) is 3.08. The Labute approximate surface area is 99.9 Å². The standard InChI is InChI=1S/C15H24O/c1-4-6-11-14(10-5-2)16-15(3)12-8-7-9-13-15/h5-6,10-11H,2,4,7-9,12-13H2,1,3H3/b11-6?,14-10+.